The summed E-state index contributed by atoms with van der Waals surface area (Å²) in [6.45, 7) is 0. The second kappa shape index (κ2) is 11.3. The average Bonchev–Trinajstić information content (AvgIpc) is 3.22. The number of pyridine rings is 1. The lowest BCUT2D eigenvalue weighted by Gasteiger charge is -2.17. The van der Waals surface area contributed by atoms with Crippen LogP contribution in [0.1, 0.15) is 0 Å². The Hall–Kier alpha value is -6.97. The zero-order chi connectivity index (χ0) is 34.2. The molecule has 0 amide bonds. The van der Waals surface area contributed by atoms with Crippen LogP contribution < -0.4 is 0 Å². The number of benzene rings is 8. The van der Waals surface area contributed by atoms with E-state index in [0.717, 1.165) is 39.2 Å². The van der Waals surface area contributed by atoms with Crippen molar-refractivity contribution in [3.63, 3.8) is 0 Å². The van der Waals surface area contributed by atoms with E-state index in [4.69, 9.17) is 9.97 Å². The largest absolute Gasteiger partial charge is 0.264 e. The van der Waals surface area contributed by atoms with Crippen LogP contribution in [0, 0.1) is 0 Å². The highest BCUT2D eigenvalue weighted by molar-refractivity contribution is 6.37. The van der Waals surface area contributed by atoms with Gasteiger partial charge < -0.3 is 0 Å². The molecule has 3 heteroatoms. The third-order valence-corrected chi connectivity index (χ3v) is 10.7. The molecule has 52 heavy (non-hydrogen) atoms. The number of hydrogen-bond donors (Lipinski definition) is 0. The zero-order valence-corrected chi connectivity index (χ0v) is 28.1. The Kier molecular flexibility index (Phi) is 6.25. The molecule has 11 rings (SSSR count). The molecule has 0 atom stereocenters. The first-order chi connectivity index (χ1) is 25.8. The summed E-state index contributed by atoms with van der Waals surface area (Å²) in [5, 5.41) is 15.1. The molecule has 0 unspecified atom stereocenters. The van der Waals surface area contributed by atoms with Gasteiger partial charge in [0.05, 0.1) is 11.4 Å². The fraction of sp³-hybridized carbons (Fsp3) is 0. The molecule has 0 fully saturated rings. The van der Waals surface area contributed by atoms with Gasteiger partial charge in [0.25, 0.3) is 0 Å². The molecule has 0 radical (unpaired) electrons. The van der Waals surface area contributed by atoms with Gasteiger partial charge in [0.15, 0.2) is 5.82 Å². The van der Waals surface area contributed by atoms with Crippen LogP contribution in [0.2, 0.25) is 0 Å². The summed E-state index contributed by atoms with van der Waals surface area (Å²) in [7, 11) is 0. The molecule has 0 saturated heterocycles. The summed E-state index contributed by atoms with van der Waals surface area (Å²) in [6.07, 6.45) is 3.72. The van der Waals surface area contributed by atoms with Gasteiger partial charge in [-0.3, -0.25) is 4.98 Å². The lowest BCUT2D eigenvalue weighted by Crippen LogP contribution is -1.97. The van der Waals surface area contributed by atoms with Crippen molar-refractivity contribution in [2.45, 2.75) is 0 Å². The second-order valence-electron chi connectivity index (χ2n) is 13.6. The first kappa shape index (κ1) is 28.8. The highest BCUT2D eigenvalue weighted by Crippen LogP contribution is 2.44. The maximum atomic E-state index is 5.30. The lowest BCUT2D eigenvalue weighted by molar-refractivity contribution is 1.18. The smallest absolute Gasteiger partial charge is 0.160 e. The first-order valence-corrected chi connectivity index (χ1v) is 17.7. The minimum absolute atomic E-state index is 0.693. The van der Waals surface area contributed by atoms with Gasteiger partial charge in [-0.15, -0.1) is 0 Å². The van der Waals surface area contributed by atoms with Crippen LogP contribution in [0.5, 0.6) is 0 Å². The molecule has 0 saturated carbocycles. The van der Waals surface area contributed by atoms with Crippen LogP contribution in [0.25, 0.3) is 110 Å². The zero-order valence-electron chi connectivity index (χ0n) is 28.1. The Morgan fingerprint density at radius 2 is 0.885 bits per heavy atom. The van der Waals surface area contributed by atoms with Crippen LogP contribution in [0.15, 0.2) is 176 Å². The van der Waals surface area contributed by atoms with E-state index in [-0.39, 0.29) is 0 Å². The van der Waals surface area contributed by atoms with Gasteiger partial charge in [-0.2, -0.15) is 0 Å². The standard InChI is InChI=1S/C49H29N3/c1-2-10-33(11-3-1)49-51-43(28-44(52-49)38-17-5-4-16-37(38)35-15-9-25-50-29-35)36-26-34-24-23-32-13-7-19-40-39-18-6-12-30-21-22-31-14-8-20-41(47(31)45(30)39)42(27-36)48(34)46(32)40/h1-29H. The number of rotatable bonds is 4. The van der Waals surface area contributed by atoms with Crippen molar-refractivity contribution in [1.29, 1.82) is 0 Å². The summed E-state index contributed by atoms with van der Waals surface area (Å²) in [5.41, 5.74) is 6.94. The third kappa shape index (κ3) is 4.36. The van der Waals surface area contributed by atoms with Gasteiger partial charge in [-0.1, -0.05) is 140 Å². The Labute approximate surface area is 299 Å². The lowest BCUT2D eigenvalue weighted by atomic mass is 9.87. The number of aromatic nitrogens is 3. The molecule has 0 aliphatic carbocycles. The average molecular weight is 660 g/mol. The second-order valence-corrected chi connectivity index (χ2v) is 13.6. The van der Waals surface area contributed by atoms with Gasteiger partial charge in [0.2, 0.25) is 0 Å². The predicted octanol–water partition coefficient (Wildman–Crippen LogP) is 12.9. The number of hydrogen-bond acceptors (Lipinski definition) is 3. The van der Waals surface area contributed by atoms with Crippen molar-refractivity contribution < 1.29 is 0 Å². The predicted molar refractivity (Wildman–Crippen MR) is 218 cm³/mol. The molecule has 11 aromatic rings. The topological polar surface area (TPSA) is 38.7 Å². The SMILES string of the molecule is c1ccc(-c2nc(-c3cc4ccc5cccc6c7cccc8ccc9cccc(c(c3)c4c56)c9c87)cc(-c3ccccc3-c3cccnc3)n2)cc1. The summed E-state index contributed by atoms with van der Waals surface area (Å²) in [6, 6.07) is 58.9. The highest BCUT2D eigenvalue weighted by Gasteiger charge is 2.18. The number of fused-ring (bicyclic) bond motifs is 2. The third-order valence-electron chi connectivity index (χ3n) is 10.7. The van der Waals surface area contributed by atoms with Crippen molar-refractivity contribution in [1.82, 2.24) is 15.0 Å². The molecule has 240 valence electrons. The first-order valence-electron chi connectivity index (χ1n) is 17.7. The molecule has 2 heterocycles. The molecule has 0 N–H and O–H groups in total. The molecular formula is C49H29N3. The monoisotopic (exact) mass is 659 g/mol. The normalized spacial score (nSPS) is 11.8. The van der Waals surface area contributed by atoms with Crippen molar-refractivity contribution >= 4 is 64.6 Å². The molecular weight excluding hydrogens is 631 g/mol. The van der Waals surface area contributed by atoms with E-state index in [2.05, 4.69) is 145 Å². The van der Waals surface area contributed by atoms with E-state index in [9.17, 15) is 0 Å². The van der Waals surface area contributed by atoms with Crippen molar-refractivity contribution in [3.05, 3.63) is 176 Å². The minimum Gasteiger partial charge on any atom is -0.264 e. The van der Waals surface area contributed by atoms with Crippen LogP contribution >= 0.6 is 0 Å². The van der Waals surface area contributed by atoms with Crippen molar-refractivity contribution in [2.24, 2.45) is 0 Å². The minimum atomic E-state index is 0.693. The fourth-order valence-electron chi connectivity index (χ4n) is 8.36. The fourth-order valence-corrected chi connectivity index (χ4v) is 8.36. The van der Waals surface area contributed by atoms with E-state index >= 15 is 0 Å². The van der Waals surface area contributed by atoms with Crippen LogP contribution in [-0.2, 0) is 0 Å². The van der Waals surface area contributed by atoms with Gasteiger partial charge in [-0.05, 0) is 94.5 Å². The maximum Gasteiger partial charge on any atom is 0.160 e. The quantitative estimate of drug-likeness (QED) is 0.177. The van der Waals surface area contributed by atoms with E-state index < -0.39 is 0 Å². The van der Waals surface area contributed by atoms with Crippen LogP contribution in [0.3, 0.4) is 0 Å². The Balaban J connectivity index is 1.28. The summed E-state index contributed by atoms with van der Waals surface area (Å²) >= 11 is 0. The molecule has 0 aliphatic heterocycles. The van der Waals surface area contributed by atoms with Gasteiger partial charge >= 0.3 is 0 Å². The van der Waals surface area contributed by atoms with E-state index in [1.165, 1.54) is 64.6 Å². The van der Waals surface area contributed by atoms with E-state index in [1.54, 1.807) is 0 Å². The molecule has 2 aromatic heterocycles. The van der Waals surface area contributed by atoms with Crippen LogP contribution in [-0.4, -0.2) is 15.0 Å². The van der Waals surface area contributed by atoms with E-state index in [1.807, 2.05) is 36.7 Å². The molecule has 0 spiro atoms. The Morgan fingerprint density at radius 3 is 1.54 bits per heavy atom. The molecule has 9 aromatic carbocycles. The van der Waals surface area contributed by atoms with Crippen molar-refractivity contribution in [2.75, 3.05) is 0 Å². The van der Waals surface area contributed by atoms with Gasteiger partial charge in [-0.25, -0.2) is 9.97 Å². The Bertz CT molecular complexity index is 3160. The van der Waals surface area contributed by atoms with Gasteiger partial charge in [0.1, 0.15) is 0 Å². The summed E-state index contributed by atoms with van der Waals surface area (Å²) < 4.78 is 0. The summed E-state index contributed by atoms with van der Waals surface area (Å²) in [4.78, 5) is 14.9. The van der Waals surface area contributed by atoms with E-state index in [0.29, 0.717) is 5.82 Å². The van der Waals surface area contributed by atoms with Crippen molar-refractivity contribution in [3.8, 4) is 45.0 Å². The molecule has 0 aliphatic rings. The highest BCUT2D eigenvalue weighted by atomic mass is 14.9. The molecule has 3 nitrogen and oxygen atoms in total. The summed E-state index contributed by atoms with van der Waals surface area (Å²) in [5.74, 6) is 0.693. The molecule has 0 bridgehead atoms. The maximum absolute atomic E-state index is 5.30. The van der Waals surface area contributed by atoms with Gasteiger partial charge in [0, 0.05) is 34.6 Å². The Morgan fingerprint density at radius 1 is 0.327 bits per heavy atom. The van der Waals surface area contributed by atoms with Crippen LogP contribution in [0.4, 0.5) is 0 Å². The number of nitrogens with zero attached hydrogens (tertiary/aromatic N) is 3.